The van der Waals surface area contributed by atoms with Crippen molar-refractivity contribution in [2.24, 2.45) is 0 Å². The topological polar surface area (TPSA) is 61.8 Å². The number of carbonyl (C=O) groups excluding carboxylic acids is 2. The molecular weight excluding hydrogens is 885 g/mol. The third-order valence-electron chi connectivity index (χ3n) is 14.3. The van der Waals surface area contributed by atoms with Gasteiger partial charge in [0.15, 0.2) is 6.10 Å². The lowest BCUT2D eigenvalue weighted by atomic mass is 10.0. The molecule has 0 aliphatic rings. The first-order chi connectivity index (χ1) is 35.6. The lowest BCUT2D eigenvalue weighted by molar-refractivity contribution is -0.163. The first-order valence-corrected chi connectivity index (χ1v) is 32.2. The van der Waals surface area contributed by atoms with Gasteiger partial charge in [0.1, 0.15) is 6.61 Å². The van der Waals surface area contributed by atoms with Crippen molar-refractivity contribution in [3.8, 4) is 0 Å². The second-order valence-corrected chi connectivity index (χ2v) is 21.7. The summed E-state index contributed by atoms with van der Waals surface area (Å²) >= 11 is 0. The van der Waals surface area contributed by atoms with Crippen LogP contribution in [0.1, 0.15) is 342 Å². The Morgan fingerprint density at radius 2 is 0.583 bits per heavy atom. The minimum atomic E-state index is -0.538. The summed E-state index contributed by atoms with van der Waals surface area (Å²) in [6.07, 6.45) is 80.0. The first-order valence-electron chi connectivity index (χ1n) is 32.2. The molecule has 422 valence electrons. The predicted octanol–water partition coefficient (Wildman–Crippen LogP) is 22.2. The molecule has 0 fully saturated rings. The fourth-order valence-electron chi connectivity index (χ4n) is 9.52. The maximum absolute atomic E-state index is 12.9. The molecule has 0 aliphatic heterocycles. The quantitative estimate of drug-likeness (QED) is 0.0345. The SMILES string of the molecule is CCCCC/C=C\C/C=C\CCCCCCCCCCCCOCC(COC(=O)CCCCCCCCCCC/C=C\C/C=C\CCCCC)OC(=O)CCCCCCCCCCCCCCCCCCC. The molecule has 0 saturated heterocycles. The zero-order valence-corrected chi connectivity index (χ0v) is 48.7. The summed E-state index contributed by atoms with van der Waals surface area (Å²) in [6, 6.07) is 0. The maximum Gasteiger partial charge on any atom is 0.306 e. The largest absolute Gasteiger partial charge is 0.462 e. The molecule has 0 heterocycles. The van der Waals surface area contributed by atoms with Crippen LogP contribution in [0.4, 0.5) is 0 Å². The van der Waals surface area contributed by atoms with E-state index in [4.69, 9.17) is 14.2 Å². The van der Waals surface area contributed by atoms with Gasteiger partial charge in [0, 0.05) is 19.4 Å². The van der Waals surface area contributed by atoms with Crippen LogP contribution in [0, 0.1) is 0 Å². The summed E-state index contributed by atoms with van der Waals surface area (Å²) in [4.78, 5) is 25.6. The van der Waals surface area contributed by atoms with Crippen LogP contribution in [0.25, 0.3) is 0 Å². The molecule has 5 heteroatoms. The van der Waals surface area contributed by atoms with Gasteiger partial charge >= 0.3 is 11.9 Å². The third-order valence-corrected chi connectivity index (χ3v) is 14.3. The van der Waals surface area contributed by atoms with E-state index in [2.05, 4.69) is 69.4 Å². The van der Waals surface area contributed by atoms with E-state index in [1.807, 2.05) is 0 Å². The van der Waals surface area contributed by atoms with Gasteiger partial charge in [-0.05, 0) is 83.5 Å². The van der Waals surface area contributed by atoms with Crippen LogP contribution < -0.4 is 0 Å². The van der Waals surface area contributed by atoms with Gasteiger partial charge < -0.3 is 14.2 Å². The van der Waals surface area contributed by atoms with Crippen molar-refractivity contribution in [1.29, 1.82) is 0 Å². The van der Waals surface area contributed by atoms with Crippen molar-refractivity contribution in [1.82, 2.24) is 0 Å². The number of esters is 2. The van der Waals surface area contributed by atoms with Crippen LogP contribution in [0.15, 0.2) is 48.6 Å². The summed E-state index contributed by atoms with van der Waals surface area (Å²) in [5.41, 5.74) is 0. The predicted molar refractivity (Wildman–Crippen MR) is 316 cm³/mol. The van der Waals surface area contributed by atoms with Crippen molar-refractivity contribution in [2.75, 3.05) is 19.8 Å². The molecule has 0 saturated carbocycles. The van der Waals surface area contributed by atoms with Gasteiger partial charge in [-0.2, -0.15) is 0 Å². The molecule has 1 unspecified atom stereocenters. The van der Waals surface area contributed by atoms with Gasteiger partial charge in [0.25, 0.3) is 0 Å². The monoisotopic (exact) mass is 1010 g/mol. The Morgan fingerprint density at radius 1 is 0.306 bits per heavy atom. The molecule has 0 radical (unpaired) electrons. The van der Waals surface area contributed by atoms with Gasteiger partial charge in [-0.15, -0.1) is 0 Å². The smallest absolute Gasteiger partial charge is 0.306 e. The van der Waals surface area contributed by atoms with Crippen LogP contribution in [0.2, 0.25) is 0 Å². The van der Waals surface area contributed by atoms with E-state index in [9.17, 15) is 9.59 Å². The Kier molecular flexibility index (Phi) is 61.3. The number of allylic oxidation sites excluding steroid dienone is 8. The molecule has 0 aromatic rings. The Bertz CT molecular complexity index is 1190. The molecule has 0 bridgehead atoms. The molecule has 5 nitrogen and oxygen atoms in total. The van der Waals surface area contributed by atoms with Gasteiger partial charge in [-0.3, -0.25) is 9.59 Å². The zero-order valence-electron chi connectivity index (χ0n) is 48.7. The van der Waals surface area contributed by atoms with E-state index < -0.39 is 6.10 Å². The Hall–Kier alpha value is -2.14. The van der Waals surface area contributed by atoms with Crippen LogP contribution in [0.3, 0.4) is 0 Å². The summed E-state index contributed by atoms with van der Waals surface area (Å²) in [6.45, 7) is 7.84. The van der Waals surface area contributed by atoms with Gasteiger partial charge in [-0.25, -0.2) is 0 Å². The van der Waals surface area contributed by atoms with E-state index in [0.29, 0.717) is 19.4 Å². The third kappa shape index (κ3) is 60.4. The molecule has 0 rings (SSSR count). The highest BCUT2D eigenvalue weighted by atomic mass is 16.6. The van der Waals surface area contributed by atoms with Crippen molar-refractivity contribution >= 4 is 11.9 Å². The standard InChI is InChI=1S/C67H124O5/c1-4-7-10-13-16-19-22-25-28-31-33-35-38-41-44-47-50-53-56-59-62-70-63-65(72-67(69)61-58-55-52-49-46-43-40-36-30-27-24-21-18-15-12-9-6-3)64-71-66(68)60-57-54-51-48-45-42-39-37-34-32-29-26-23-20-17-14-11-8-5-2/h16-17,19-20,25-26,28-29,65H,4-15,18,21-24,27,30-64H2,1-3H3/b19-16-,20-17-,28-25-,29-26-. The summed E-state index contributed by atoms with van der Waals surface area (Å²) in [5.74, 6) is -0.382. The molecule has 0 spiro atoms. The summed E-state index contributed by atoms with van der Waals surface area (Å²) < 4.78 is 17.6. The molecule has 1 atom stereocenters. The fraction of sp³-hybridized carbons (Fsp3) is 0.851. The van der Waals surface area contributed by atoms with E-state index in [0.717, 1.165) is 51.4 Å². The lowest BCUT2D eigenvalue weighted by Gasteiger charge is -2.18. The number of rotatable bonds is 60. The van der Waals surface area contributed by atoms with E-state index in [1.54, 1.807) is 0 Å². The normalized spacial score (nSPS) is 12.4. The van der Waals surface area contributed by atoms with Gasteiger partial charge in [0.2, 0.25) is 0 Å². The van der Waals surface area contributed by atoms with Crippen molar-refractivity contribution in [3.63, 3.8) is 0 Å². The molecule has 0 aromatic heterocycles. The average Bonchev–Trinajstić information content (AvgIpc) is 3.38. The van der Waals surface area contributed by atoms with Crippen LogP contribution >= 0.6 is 0 Å². The number of hydrogen-bond donors (Lipinski definition) is 0. The molecule has 0 amide bonds. The summed E-state index contributed by atoms with van der Waals surface area (Å²) in [7, 11) is 0. The highest BCUT2D eigenvalue weighted by Crippen LogP contribution is 2.17. The highest BCUT2D eigenvalue weighted by Gasteiger charge is 2.18. The van der Waals surface area contributed by atoms with Gasteiger partial charge in [0.05, 0.1) is 6.61 Å². The second-order valence-electron chi connectivity index (χ2n) is 21.7. The number of hydrogen-bond acceptors (Lipinski definition) is 5. The molecular formula is C67H124O5. The lowest BCUT2D eigenvalue weighted by Crippen LogP contribution is -2.30. The molecule has 0 N–H and O–H groups in total. The molecule has 0 aliphatic carbocycles. The minimum absolute atomic E-state index is 0.0864. The van der Waals surface area contributed by atoms with Crippen molar-refractivity contribution in [2.45, 2.75) is 348 Å². The Morgan fingerprint density at radius 3 is 0.944 bits per heavy atom. The van der Waals surface area contributed by atoms with E-state index in [1.165, 1.54) is 257 Å². The van der Waals surface area contributed by atoms with Crippen molar-refractivity contribution < 1.29 is 23.8 Å². The van der Waals surface area contributed by atoms with Crippen LogP contribution in [-0.4, -0.2) is 37.9 Å². The first kappa shape index (κ1) is 69.9. The summed E-state index contributed by atoms with van der Waals surface area (Å²) in [5, 5.41) is 0. The van der Waals surface area contributed by atoms with Gasteiger partial charge in [-0.1, -0.05) is 294 Å². The number of carbonyl (C=O) groups is 2. The average molecular weight is 1010 g/mol. The fourth-order valence-corrected chi connectivity index (χ4v) is 9.52. The maximum atomic E-state index is 12.9. The van der Waals surface area contributed by atoms with E-state index >= 15 is 0 Å². The Balaban J connectivity index is 4.25. The Labute approximate surface area is 450 Å². The highest BCUT2D eigenvalue weighted by molar-refractivity contribution is 5.70. The number of ether oxygens (including phenoxy) is 3. The van der Waals surface area contributed by atoms with Crippen molar-refractivity contribution in [3.05, 3.63) is 48.6 Å². The second kappa shape index (κ2) is 63.2. The zero-order chi connectivity index (χ0) is 52.0. The van der Waals surface area contributed by atoms with Crippen LogP contribution in [-0.2, 0) is 23.8 Å². The van der Waals surface area contributed by atoms with E-state index in [-0.39, 0.29) is 25.2 Å². The van der Waals surface area contributed by atoms with Crippen LogP contribution in [0.5, 0.6) is 0 Å². The number of unbranched alkanes of at least 4 members (excludes halogenated alkanes) is 41. The molecule has 72 heavy (non-hydrogen) atoms. The molecule has 0 aromatic carbocycles. The minimum Gasteiger partial charge on any atom is -0.462 e.